The fourth-order valence-electron chi connectivity index (χ4n) is 1.25. The van der Waals surface area contributed by atoms with Gasteiger partial charge in [-0.2, -0.15) is 0 Å². The summed E-state index contributed by atoms with van der Waals surface area (Å²) in [5.74, 6) is -0.759. The van der Waals surface area contributed by atoms with Crippen molar-refractivity contribution in [3.05, 3.63) is 22.4 Å². The van der Waals surface area contributed by atoms with Gasteiger partial charge in [-0.05, 0) is 18.4 Å². The number of hydrogen-bond acceptors (Lipinski definition) is 5. The molecular formula is C11H14O4S. The van der Waals surface area contributed by atoms with Gasteiger partial charge in [-0.1, -0.05) is 6.07 Å². The van der Waals surface area contributed by atoms with Crippen LogP contribution in [0.2, 0.25) is 0 Å². The zero-order valence-corrected chi connectivity index (χ0v) is 10.1. The van der Waals surface area contributed by atoms with Gasteiger partial charge in [-0.25, -0.2) is 0 Å². The summed E-state index contributed by atoms with van der Waals surface area (Å²) >= 11 is 1.45. The fourth-order valence-corrected chi connectivity index (χ4v) is 2.00. The second-order valence-corrected chi connectivity index (χ2v) is 4.10. The predicted octanol–water partition coefficient (Wildman–Crippen LogP) is 2.31. The summed E-state index contributed by atoms with van der Waals surface area (Å²) in [7, 11) is 0. The molecule has 16 heavy (non-hydrogen) atoms. The van der Waals surface area contributed by atoms with E-state index >= 15 is 0 Å². The van der Waals surface area contributed by atoms with Crippen LogP contribution in [0.15, 0.2) is 17.5 Å². The van der Waals surface area contributed by atoms with Crippen LogP contribution in [-0.2, 0) is 19.1 Å². The smallest absolute Gasteiger partial charge is 0.309 e. The Labute approximate surface area is 98.2 Å². The van der Waals surface area contributed by atoms with Crippen molar-refractivity contribution < 1.29 is 19.1 Å². The van der Waals surface area contributed by atoms with E-state index in [-0.39, 0.29) is 12.4 Å². The molecule has 0 fully saturated rings. The summed E-state index contributed by atoms with van der Waals surface area (Å²) in [6, 6.07) is 3.68. The van der Waals surface area contributed by atoms with Crippen molar-refractivity contribution in [1.82, 2.24) is 0 Å². The van der Waals surface area contributed by atoms with E-state index in [2.05, 4.69) is 0 Å². The third-order valence-corrected chi connectivity index (χ3v) is 2.79. The third kappa shape index (κ3) is 4.02. The minimum Gasteiger partial charge on any atom is -0.466 e. The maximum atomic E-state index is 11.3. The largest absolute Gasteiger partial charge is 0.466 e. The minimum absolute atomic E-state index is 0.0634. The van der Waals surface area contributed by atoms with Crippen LogP contribution in [0.25, 0.3) is 0 Å². The first-order valence-electron chi connectivity index (χ1n) is 4.99. The van der Waals surface area contributed by atoms with Crippen LogP contribution >= 0.6 is 11.3 Å². The highest BCUT2D eigenvalue weighted by atomic mass is 32.1. The predicted molar refractivity (Wildman–Crippen MR) is 60.1 cm³/mol. The monoisotopic (exact) mass is 242 g/mol. The van der Waals surface area contributed by atoms with Crippen molar-refractivity contribution in [3.8, 4) is 0 Å². The molecule has 0 bridgehead atoms. The van der Waals surface area contributed by atoms with Crippen molar-refractivity contribution in [2.24, 2.45) is 0 Å². The van der Waals surface area contributed by atoms with E-state index in [4.69, 9.17) is 9.47 Å². The van der Waals surface area contributed by atoms with Gasteiger partial charge in [-0.3, -0.25) is 9.59 Å². The van der Waals surface area contributed by atoms with Gasteiger partial charge in [0.05, 0.1) is 13.0 Å². The standard InChI is InChI=1S/C11H14O4S/c1-3-14-11(13)7-9(15-8(2)12)10-5-4-6-16-10/h4-6,9H,3,7H2,1-2H3. The molecule has 1 atom stereocenters. The van der Waals surface area contributed by atoms with Crippen LogP contribution in [-0.4, -0.2) is 18.5 Å². The van der Waals surface area contributed by atoms with Crippen LogP contribution in [0, 0.1) is 0 Å². The van der Waals surface area contributed by atoms with E-state index in [1.807, 2.05) is 17.5 Å². The van der Waals surface area contributed by atoms with Gasteiger partial charge in [-0.15, -0.1) is 11.3 Å². The normalized spacial score (nSPS) is 11.9. The molecule has 0 saturated heterocycles. The lowest BCUT2D eigenvalue weighted by Gasteiger charge is -2.14. The quantitative estimate of drug-likeness (QED) is 0.743. The maximum absolute atomic E-state index is 11.3. The van der Waals surface area contributed by atoms with Gasteiger partial charge in [0.25, 0.3) is 0 Å². The topological polar surface area (TPSA) is 52.6 Å². The van der Waals surface area contributed by atoms with Crippen LogP contribution in [0.3, 0.4) is 0 Å². The van der Waals surface area contributed by atoms with E-state index in [1.54, 1.807) is 6.92 Å². The lowest BCUT2D eigenvalue weighted by atomic mass is 10.2. The fraction of sp³-hybridized carbons (Fsp3) is 0.455. The van der Waals surface area contributed by atoms with Crippen LogP contribution < -0.4 is 0 Å². The number of thiophene rings is 1. The number of esters is 2. The van der Waals surface area contributed by atoms with Crippen molar-refractivity contribution in [2.75, 3.05) is 6.61 Å². The second kappa shape index (κ2) is 6.27. The molecule has 88 valence electrons. The molecule has 0 saturated carbocycles. The van der Waals surface area contributed by atoms with E-state index in [0.717, 1.165) is 4.88 Å². The molecule has 0 spiro atoms. The molecule has 1 heterocycles. The Morgan fingerprint density at radius 1 is 1.50 bits per heavy atom. The van der Waals surface area contributed by atoms with Crippen LogP contribution in [0.4, 0.5) is 0 Å². The first kappa shape index (κ1) is 12.7. The maximum Gasteiger partial charge on any atom is 0.309 e. The molecule has 5 heteroatoms. The molecule has 4 nitrogen and oxygen atoms in total. The molecule has 0 aliphatic heterocycles. The average Bonchev–Trinajstić information content (AvgIpc) is 2.68. The zero-order valence-electron chi connectivity index (χ0n) is 9.26. The Balaban J connectivity index is 2.65. The highest BCUT2D eigenvalue weighted by Gasteiger charge is 2.20. The summed E-state index contributed by atoms with van der Waals surface area (Å²) in [4.78, 5) is 23.1. The average molecular weight is 242 g/mol. The van der Waals surface area contributed by atoms with Gasteiger partial charge in [0, 0.05) is 11.8 Å². The number of carbonyl (C=O) groups is 2. The minimum atomic E-state index is -0.531. The highest BCUT2D eigenvalue weighted by molar-refractivity contribution is 7.10. The molecule has 0 amide bonds. The Bertz CT molecular complexity index is 345. The SMILES string of the molecule is CCOC(=O)CC(OC(C)=O)c1cccs1. The number of carbonyl (C=O) groups excluding carboxylic acids is 2. The molecule has 0 aliphatic carbocycles. The van der Waals surface area contributed by atoms with E-state index in [9.17, 15) is 9.59 Å². The van der Waals surface area contributed by atoms with Gasteiger partial charge in [0.2, 0.25) is 0 Å². The second-order valence-electron chi connectivity index (χ2n) is 3.12. The number of ether oxygens (including phenoxy) is 2. The number of hydrogen-bond donors (Lipinski definition) is 0. The first-order valence-corrected chi connectivity index (χ1v) is 5.87. The summed E-state index contributed by atoms with van der Waals surface area (Å²) in [5, 5.41) is 1.87. The van der Waals surface area contributed by atoms with E-state index in [1.165, 1.54) is 18.3 Å². The van der Waals surface area contributed by atoms with Crippen LogP contribution in [0.5, 0.6) is 0 Å². The van der Waals surface area contributed by atoms with Gasteiger partial charge in [0.1, 0.15) is 6.10 Å². The molecular weight excluding hydrogens is 228 g/mol. The third-order valence-electron chi connectivity index (χ3n) is 1.83. The van der Waals surface area contributed by atoms with Crippen molar-refractivity contribution in [3.63, 3.8) is 0 Å². The molecule has 1 unspecified atom stereocenters. The first-order chi connectivity index (χ1) is 7.63. The molecule has 1 rings (SSSR count). The molecule has 1 aromatic rings. The molecule has 0 N–H and O–H groups in total. The summed E-state index contributed by atoms with van der Waals surface area (Å²) < 4.78 is 9.91. The molecule has 1 aromatic heterocycles. The number of rotatable bonds is 5. The van der Waals surface area contributed by atoms with Gasteiger partial charge in [0.15, 0.2) is 0 Å². The summed E-state index contributed by atoms with van der Waals surface area (Å²) in [5.41, 5.74) is 0. The Hall–Kier alpha value is -1.36. The zero-order chi connectivity index (χ0) is 12.0. The Kier molecular flexibility index (Phi) is 4.98. The lowest BCUT2D eigenvalue weighted by molar-refractivity contribution is -0.153. The van der Waals surface area contributed by atoms with Crippen LogP contribution in [0.1, 0.15) is 31.2 Å². The van der Waals surface area contributed by atoms with E-state index < -0.39 is 12.1 Å². The van der Waals surface area contributed by atoms with Gasteiger partial charge < -0.3 is 9.47 Å². The summed E-state index contributed by atoms with van der Waals surface area (Å²) in [6.45, 7) is 3.39. The Morgan fingerprint density at radius 2 is 2.25 bits per heavy atom. The van der Waals surface area contributed by atoms with Gasteiger partial charge >= 0.3 is 11.9 Å². The highest BCUT2D eigenvalue weighted by Crippen LogP contribution is 2.26. The van der Waals surface area contributed by atoms with Crippen molar-refractivity contribution in [2.45, 2.75) is 26.4 Å². The molecule has 0 aliphatic rings. The molecule has 0 radical (unpaired) electrons. The lowest BCUT2D eigenvalue weighted by Crippen LogP contribution is -2.14. The molecule has 0 aromatic carbocycles. The summed E-state index contributed by atoms with van der Waals surface area (Å²) in [6.07, 6.45) is -0.468. The van der Waals surface area contributed by atoms with E-state index in [0.29, 0.717) is 6.61 Å². The van der Waals surface area contributed by atoms with Crippen molar-refractivity contribution in [1.29, 1.82) is 0 Å². The Morgan fingerprint density at radius 3 is 2.75 bits per heavy atom. The van der Waals surface area contributed by atoms with Crippen molar-refractivity contribution >= 4 is 23.3 Å².